The van der Waals surface area contributed by atoms with E-state index in [-0.39, 0.29) is 11.9 Å². The van der Waals surface area contributed by atoms with Gasteiger partial charge in [0.2, 0.25) is 0 Å². The van der Waals surface area contributed by atoms with Crippen LogP contribution in [0.5, 0.6) is 11.5 Å². The fourth-order valence-electron chi connectivity index (χ4n) is 5.64. The molecule has 2 aliphatic rings. The molecule has 1 aromatic carbocycles. The Bertz CT molecular complexity index is 692. The van der Waals surface area contributed by atoms with Gasteiger partial charge < -0.3 is 9.47 Å². The van der Waals surface area contributed by atoms with E-state index in [2.05, 4.69) is 26.0 Å². The van der Waals surface area contributed by atoms with Crippen molar-refractivity contribution in [1.29, 1.82) is 0 Å². The summed E-state index contributed by atoms with van der Waals surface area (Å²) in [6.07, 6.45) is 22.3. The van der Waals surface area contributed by atoms with Gasteiger partial charge in [-0.2, -0.15) is 0 Å². The number of carbonyl (C=O) groups is 1. The van der Waals surface area contributed by atoms with Crippen molar-refractivity contribution in [1.82, 2.24) is 0 Å². The average molecular weight is 455 g/mol. The third-order valence-corrected chi connectivity index (χ3v) is 7.78. The highest BCUT2D eigenvalue weighted by Crippen LogP contribution is 2.33. The van der Waals surface area contributed by atoms with E-state index in [1.165, 1.54) is 64.2 Å². The molecule has 1 aromatic rings. The molecule has 0 radical (unpaired) electrons. The summed E-state index contributed by atoms with van der Waals surface area (Å²) in [6.45, 7) is 5.12. The lowest BCUT2D eigenvalue weighted by atomic mass is 9.79. The van der Waals surface area contributed by atoms with Crippen LogP contribution in [0.25, 0.3) is 0 Å². The van der Waals surface area contributed by atoms with Gasteiger partial charge in [0, 0.05) is 0 Å². The highest BCUT2D eigenvalue weighted by Gasteiger charge is 2.27. The van der Waals surface area contributed by atoms with Crippen LogP contribution in [-0.4, -0.2) is 12.6 Å². The Labute approximate surface area is 202 Å². The minimum Gasteiger partial charge on any atom is -0.490 e. The van der Waals surface area contributed by atoms with Crippen LogP contribution in [0.1, 0.15) is 104 Å². The first-order valence-electron chi connectivity index (χ1n) is 13.8. The molecular weight excluding hydrogens is 408 g/mol. The van der Waals surface area contributed by atoms with Crippen molar-refractivity contribution in [2.45, 2.75) is 104 Å². The van der Waals surface area contributed by atoms with Gasteiger partial charge in [-0.25, -0.2) is 0 Å². The SMILES string of the molecule is CCCCC[C@H]1CC[C@H](/C=C/COc2ccc(OC(=O)[C@H]3CC[C@H](CCC)CC3)cc2)CC1. The molecule has 2 saturated carbocycles. The van der Waals surface area contributed by atoms with E-state index < -0.39 is 0 Å². The number of unbranched alkanes of at least 4 members (excludes halogenated alkanes) is 2. The molecule has 33 heavy (non-hydrogen) atoms. The van der Waals surface area contributed by atoms with Crippen molar-refractivity contribution in [2.75, 3.05) is 6.61 Å². The predicted octanol–water partition coefficient (Wildman–Crippen LogP) is 8.52. The van der Waals surface area contributed by atoms with E-state index in [0.717, 1.165) is 49.2 Å². The molecule has 3 heteroatoms. The molecule has 0 saturated heterocycles. The number of hydrogen-bond acceptors (Lipinski definition) is 3. The molecule has 0 unspecified atom stereocenters. The summed E-state index contributed by atoms with van der Waals surface area (Å²) in [6, 6.07) is 7.49. The summed E-state index contributed by atoms with van der Waals surface area (Å²) in [5, 5.41) is 0. The molecule has 0 N–H and O–H groups in total. The van der Waals surface area contributed by atoms with Crippen LogP contribution in [0, 0.1) is 23.7 Å². The number of ether oxygens (including phenoxy) is 2. The van der Waals surface area contributed by atoms with Gasteiger partial charge in [0.1, 0.15) is 18.1 Å². The number of esters is 1. The maximum atomic E-state index is 12.5. The molecule has 0 aliphatic heterocycles. The molecule has 184 valence electrons. The zero-order valence-electron chi connectivity index (χ0n) is 21.1. The Hall–Kier alpha value is -1.77. The summed E-state index contributed by atoms with van der Waals surface area (Å²) in [7, 11) is 0. The van der Waals surface area contributed by atoms with Crippen LogP contribution in [0.4, 0.5) is 0 Å². The van der Waals surface area contributed by atoms with Crippen molar-refractivity contribution < 1.29 is 14.3 Å². The Morgan fingerprint density at radius 2 is 1.45 bits per heavy atom. The zero-order valence-corrected chi connectivity index (χ0v) is 21.1. The molecule has 0 spiro atoms. The van der Waals surface area contributed by atoms with E-state index in [4.69, 9.17) is 9.47 Å². The molecule has 0 bridgehead atoms. The molecule has 3 nitrogen and oxygen atoms in total. The Morgan fingerprint density at radius 1 is 0.818 bits per heavy atom. The second-order valence-corrected chi connectivity index (χ2v) is 10.4. The summed E-state index contributed by atoms with van der Waals surface area (Å²) >= 11 is 0. The van der Waals surface area contributed by atoms with Gasteiger partial charge in [0.05, 0.1) is 5.92 Å². The van der Waals surface area contributed by atoms with Gasteiger partial charge in [-0.05, 0) is 93.4 Å². The Morgan fingerprint density at radius 3 is 2.12 bits per heavy atom. The summed E-state index contributed by atoms with van der Waals surface area (Å²) < 4.78 is 11.5. The molecular formula is C30H46O3. The van der Waals surface area contributed by atoms with Crippen molar-refractivity contribution in [3.8, 4) is 11.5 Å². The number of benzene rings is 1. The van der Waals surface area contributed by atoms with E-state index in [9.17, 15) is 4.79 Å². The third-order valence-electron chi connectivity index (χ3n) is 7.78. The largest absolute Gasteiger partial charge is 0.490 e. The summed E-state index contributed by atoms with van der Waals surface area (Å²) in [5.41, 5.74) is 0. The average Bonchev–Trinajstić information content (AvgIpc) is 2.84. The Kier molecular flexibility index (Phi) is 11.3. The molecule has 0 amide bonds. The first-order chi connectivity index (χ1) is 16.2. The van der Waals surface area contributed by atoms with E-state index in [1.54, 1.807) is 0 Å². The van der Waals surface area contributed by atoms with Gasteiger partial charge in [-0.3, -0.25) is 4.79 Å². The van der Waals surface area contributed by atoms with Gasteiger partial charge >= 0.3 is 5.97 Å². The molecule has 3 rings (SSSR count). The van der Waals surface area contributed by atoms with Gasteiger partial charge in [0.25, 0.3) is 0 Å². The second-order valence-electron chi connectivity index (χ2n) is 10.4. The lowest BCUT2D eigenvalue weighted by Crippen LogP contribution is -2.25. The lowest BCUT2D eigenvalue weighted by molar-refractivity contribution is -0.140. The van der Waals surface area contributed by atoms with Crippen LogP contribution in [0.2, 0.25) is 0 Å². The molecule has 2 aliphatic carbocycles. The van der Waals surface area contributed by atoms with Crippen LogP contribution >= 0.6 is 0 Å². The van der Waals surface area contributed by atoms with E-state index in [0.29, 0.717) is 12.4 Å². The maximum absolute atomic E-state index is 12.5. The van der Waals surface area contributed by atoms with Crippen molar-refractivity contribution in [2.24, 2.45) is 23.7 Å². The van der Waals surface area contributed by atoms with Crippen LogP contribution in [0.15, 0.2) is 36.4 Å². The monoisotopic (exact) mass is 454 g/mol. The minimum atomic E-state index is -0.0679. The molecule has 2 fully saturated rings. The predicted molar refractivity (Wildman–Crippen MR) is 137 cm³/mol. The number of carbonyl (C=O) groups excluding carboxylic acids is 1. The van der Waals surface area contributed by atoms with Crippen molar-refractivity contribution in [3.63, 3.8) is 0 Å². The highest BCUT2D eigenvalue weighted by atomic mass is 16.5. The van der Waals surface area contributed by atoms with E-state index >= 15 is 0 Å². The molecule has 0 atom stereocenters. The number of rotatable bonds is 12. The topological polar surface area (TPSA) is 35.5 Å². The third kappa shape index (κ3) is 9.18. The Balaban J connectivity index is 1.31. The minimum absolute atomic E-state index is 0.0607. The van der Waals surface area contributed by atoms with Crippen molar-refractivity contribution >= 4 is 5.97 Å². The van der Waals surface area contributed by atoms with Gasteiger partial charge in [-0.1, -0.05) is 64.5 Å². The zero-order chi connectivity index (χ0) is 23.3. The first-order valence-corrected chi connectivity index (χ1v) is 13.8. The van der Waals surface area contributed by atoms with Crippen LogP contribution < -0.4 is 9.47 Å². The van der Waals surface area contributed by atoms with E-state index in [1.807, 2.05) is 24.3 Å². The standard InChI is InChI=1S/C30H46O3/c1-3-5-6-9-25-11-13-26(14-12-25)10-7-23-32-28-19-21-29(22-20-28)33-30(31)27-17-15-24(8-4-2)16-18-27/h7,10,19-22,24-27H,3-6,8-9,11-18,23H2,1-2H3/b10-7+/t24-,25-,26-,27-. The van der Waals surface area contributed by atoms with Crippen molar-refractivity contribution in [3.05, 3.63) is 36.4 Å². The molecule has 0 heterocycles. The fourth-order valence-corrected chi connectivity index (χ4v) is 5.64. The van der Waals surface area contributed by atoms with Crippen LogP contribution in [0.3, 0.4) is 0 Å². The van der Waals surface area contributed by atoms with Gasteiger partial charge in [-0.15, -0.1) is 0 Å². The second kappa shape index (κ2) is 14.5. The smallest absolute Gasteiger partial charge is 0.314 e. The fraction of sp³-hybridized carbons (Fsp3) is 0.700. The lowest BCUT2D eigenvalue weighted by Gasteiger charge is -2.26. The summed E-state index contributed by atoms with van der Waals surface area (Å²) in [4.78, 5) is 12.5. The quantitative estimate of drug-likeness (QED) is 0.137. The maximum Gasteiger partial charge on any atom is 0.314 e. The van der Waals surface area contributed by atoms with Crippen LogP contribution in [-0.2, 0) is 4.79 Å². The number of hydrogen-bond donors (Lipinski definition) is 0. The normalized spacial score (nSPS) is 25.8. The molecule has 0 aromatic heterocycles. The number of allylic oxidation sites excluding steroid dienone is 1. The van der Waals surface area contributed by atoms with Gasteiger partial charge in [0.15, 0.2) is 0 Å². The highest BCUT2D eigenvalue weighted by molar-refractivity contribution is 5.75. The summed E-state index contributed by atoms with van der Waals surface area (Å²) in [5.74, 6) is 3.91. The first kappa shape index (κ1) is 25.8.